The Bertz CT molecular complexity index is 414. The average molecular weight is 234 g/mol. The lowest BCUT2D eigenvalue weighted by atomic mass is 9.77. The molecule has 1 amide bonds. The first-order valence-electron chi connectivity index (χ1n) is 5.85. The zero-order chi connectivity index (χ0) is 12.3. The summed E-state index contributed by atoms with van der Waals surface area (Å²) in [6.07, 6.45) is 2.61. The first kappa shape index (κ1) is 11.9. The molecule has 1 aliphatic rings. The molecular weight excluding hydrogens is 216 g/mol. The number of amides is 1. The van der Waals surface area contributed by atoms with E-state index in [4.69, 9.17) is 10.5 Å². The van der Waals surface area contributed by atoms with Gasteiger partial charge in [0.25, 0.3) is 0 Å². The summed E-state index contributed by atoms with van der Waals surface area (Å²) in [6, 6.07) is 7.64. The van der Waals surface area contributed by atoms with Gasteiger partial charge >= 0.3 is 0 Å². The summed E-state index contributed by atoms with van der Waals surface area (Å²) in [6.45, 7) is 0.460. The zero-order valence-corrected chi connectivity index (χ0v) is 10.0. The minimum absolute atomic E-state index is 0.0605. The van der Waals surface area contributed by atoms with Crippen LogP contribution in [0, 0.1) is 0 Å². The smallest absolute Gasteiger partial charge is 0.240 e. The molecule has 1 fully saturated rings. The van der Waals surface area contributed by atoms with Crippen molar-refractivity contribution in [3.05, 3.63) is 29.8 Å². The van der Waals surface area contributed by atoms with Crippen molar-refractivity contribution in [2.45, 2.75) is 31.3 Å². The lowest BCUT2D eigenvalue weighted by Crippen LogP contribution is -2.58. The van der Waals surface area contributed by atoms with Crippen LogP contribution < -0.4 is 15.8 Å². The predicted molar refractivity (Wildman–Crippen MR) is 65.6 cm³/mol. The monoisotopic (exact) mass is 234 g/mol. The van der Waals surface area contributed by atoms with Crippen LogP contribution in [0.1, 0.15) is 24.8 Å². The molecule has 4 nitrogen and oxygen atoms in total. The number of benzene rings is 1. The highest BCUT2D eigenvalue weighted by atomic mass is 16.5. The number of ether oxygens (including phenoxy) is 1. The fraction of sp³-hybridized carbons (Fsp3) is 0.462. The summed E-state index contributed by atoms with van der Waals surface area (Å²) in [5.74, 6) is 0.724. The van der Waals surface area contributed by atoms with Crippen LogP contribution in [0.15, 0.2) is 24.3 Å². The SMILES string of the molecule is COc1ccccc1CNC(=O)C1(N)CCC1. The maximum Gasteiger partial charge on any atom is 0.240 e. The van der Waals surface area contributed by atoms with Crippen molar-refractivity contribution in [1.29, 1.82) is 0 Å². The molecule has 2 rings (SSSR count). The Kier molecular flexibility index (Phi) is 3.33. The Labute approximate surface area is 101 Å². The fourth-order valence-corrected chi connectivity index (χ4v) is 1.99. The number of carbonyl (C=O) groups excluding carboxylic acids is 1. The van der Waals surface area contributed by atoms with Gasteiger partial charge in [-0.1, -0.05) is 18.2 Å². The Hall–Kier alpha value is -1.55. The molecule has 0 atom stereocenters. The van der Waals surface area contributed by atoms with Crippen LogP contribution in [0.5, 0.6) is 5.75 Å². The lowest BCUT2D eigenvalue weighted by Gasteiger charge is -2.36. The van der Waals surface area contributed by atoms with Crippen LogP contribution in [-0.2, 0) is 11.3 Å². The van der Waals surface area contributed by atoms with Crippen molar-refractivity contribution in [2.75, 3.05) is 7.11 Å². The standard InChI is InChI=1S/C13H18N2O2/c1-17-11-6-3-2-5-10(11)9-15-12(16)13(14)7-4-8-13/h2-3,5-6H,4,7-9,14H2,1H3,(H,15,16). The first-order chi connectivity index (χ1) is 8.15. The number of nitrogens with two attached hydrogens (primary N) is 1. The van der Waals surface area contributed by atoms with Crippen molar-refractivity contribution in [3.8, 4) is 5.75 Å². The van der Waals surface area contributed by atoms with Gasteiger partial charge in [0.05, 0.1) is 12.6 Å². The van der Waals surface area contributed by atoms with E-state index in [1.807, 2.05) is 24.3 Å². The molecule has 92 valence electrons. The normalized spacial score (nSPS) is 17.1. The van der Waals surface area contributed by atoms with E-state index >= 15 is 0 Å². The molecule has 0 aromatic heterocycles. The second-order valence-corrected chi connectivity index (χ2v) is 4.50. The maximum atomic E-state index is 11.8. The number of rotatable bonds is 4. The van der Waals surface area contributed by atoms with Gasteiger partial charge in [0.15, 0.2) is 0 Å². The number of methoxy groups -OCH3 is 1. The molecule has 0 bridgehead atoms. The van der Waals surface area contributed by atoms with E-state index in [-0.39, 0.29) is 5.91 Å². The molecule has 1 saturated carbocycles. The predicted octanol–water partition coefficient (Wildman–Crippen LogP) is 1.19. The van der Waals surface area contributed by atoms with Gasteiger partial charge in [-0.15, -0.1) is 0 Å². The van der Waals surface area contributed by atoms with Crippen molar-refractivity contribution in [3.63, 3.8) is 0 Å². The van der Waals surface area contributed by atoms with E-state index < -0.39 is 5.54 Å². The van der Waals surface area contributed by atoms with E-state index in [9.17, 15) is 4.79 Å². The summed E-state index contributed by atoms with van der Waals surface area (Å²) in [7, 11) is 1.62. The molecule has 0 aliphatic heterocycles. The van der Waals surface area contributed by atoms with Crippen LogP contribution in [0.4, 0.5) is 0 Å². The quantitative estimate of drug-likeness (QED) is 0.822. The number of hydrogen-bond acceptors (Lipinski definition) is 3. The van der Waals surface area contributed by atoms with Crippen molar-refractivity contribution in [1.82, 2.24) is 5.32 Å². The summed E-state index contributed by atoms with van der Waals surface area (Å²) in [5.41, 5.74) is 6.27. The highest BCUT2D eigenvalue weighted by molar-refractivity contribution is 5.87. The molecule has 1 aromatic carbocycles. The van der Waals surface area contributed by atoms with E-state index in [0.29, 0.717) is 6.54 Å². The summed E-state index contributed by atoms with van der Waals surface area (Å²) in [5, 5.41) is 2.87. The highest BCUT2D eigenvalue weighted by Gasteiger charge is 2.39. The number of nitrogens with one attached hydrogen (secondary N) is 1. The molecular formula is C13H18N2O2. The van der Waals surface area contributed by atoms with Gasteiger partial charge in [0.1, 0.15) is 5.75 Å². The van der Waals surface area contributed by atoms with Crippen LogP contribution in [0.2, 0.25) is 0 Å². The highest BCUT2D eigenvalue weighted by Crippen LogP contribution is 2.29. The van der Waals surface area contributed by atoms with E-state index in [1.165, 1.54) is 0 Å². The van der Waals surface area contributed by atoms with Gasteiger partial charge in [-0.2, -0.15) is 0 Å². The van der Waals surface area contributed by atoms with Gasteiger partial charge in [-0.3, -0.25) is 4.79 Å². The molecule has 0 radical (unpaired) electrons. The third-order valence-electron chi connectivity index (χ3n) is 3.33. The third-order valence-corrected chi connectivity index (χ3v) is 3.33. The van der Waals surface area contributed by atoms with Crippen LogP contribution in [-0.4, -0.2) is 18.6 Å². The van der Waals surface area contributed by atoms with Crippen LogP contribution >= 0.6 is 0 Å². The third kappa shape index (κ3) is 2.42. The Balaban J connectivity index is 1.95. The molecule has 4 heteroatoms. The summed E-state index contributed by atoms with van der Waals surface area (Å²) < 4.78 is 5.22. The van der Waals surface area contributed by atoms with Gasteiger partial charge in [-0.05, 0) is 25.3 Å². The minimum Gasteiger partial charge on any atom is -0.496 e. The molecule has 0 unspecified atom stereocenters. The number of para-hydroxylation sites is 1. The van der Waals surface area contributed by atoms with Crippen LogP contribution in [0.3, 0.4) is 0 Å². The summed E-state index contributed by atoms with van der Waals surface area (Å²) in [4.78, 5) is 11.8. The molecule has 1 aliphatic carbocycles. The van der Waals surface area contributed by atoms with Gasteiger partial charge in [-0.25, -0.2) is 0 Å². The molecule has 17 heavy (non-hydrogen) atoms. The second kappa shape index (κ2) is 4.75. The van der Waals surface area contributed by atoms with Crippen LogP contribution in [0.25, 0.3) is 0 Å². The van der Waals surface area contributed by atoms with Gasteiger partial charge in [0, 0.05) is 12.1 Å². The molecule has 0 heterocycles. The topological polar surface area (TPSA) is 64.3 Å². The lowest BCUT2D eigenvalue weighted by molar-refractivity contribution is -0.129. The Morgan fingerprint density at radius 3 is 2.76 bits per heavy atom. The average Bonchev–Trinajstić information content (AvgIpc) is 2.33. The maximum absolute atomic E-state index is 11.8. The van der Waals surface area contributed by atoms with Crippen molar-refractivity contribution >= 4 is 5.91 Å². The first-order valence-corrected chi connectivity index (χ1v) is 5.85. The minimum atomic E-state index is -0.637. The van der Waals surface area contributed by atoms with E-state index in [2.05, 4.69) is 5.32 Å². The molecule has 3 N–H and O–H groups in total. The molecule has 1 aromatic rings. The van der Waals surface area contributed by atoms with Gasteiger partial charge in [0.2, 0.25) is 5.91 Å². The zero-order valence-electron chi connectivity index (χ0n) is 10.0. The Morgan fingerprint density at radius 2 is 2.18 bits per heavy atom. The largest absolute Gasteiger partial charge is 0.496 e. The fourth-order valence-electron chi connectivity index (χ4n) is 1.99. The molecule has 0 saturated heterocycles. The van der Waals surface area contributed by atoms with Crippen molar-refractivity contribution < 1.29 is 9.53 Å². The van der Waals surface area contributed by atoms with Gasteiger partial charge < -0.3 is 15.8 Å². The Morgan fingerprint density at radius 1 is 1.47 bits per heavy atom. The molecule has 0 spiro atoms. The second-order valence-electron chi connectivity index (χ2n) is 4.50. The summed E-state index contributed by atoms with van der Waals surface area (Å²) >= 11 is 0. The number of hydrogen-bond donors (Lipinski definition) is 2. The number of carbonyl (C=O) groups is 1. The van der Waals surface area contributed by atoms with Crippen molar-refractivity contribution in [2.24, 2.45) is 5.73 Å². The van der Waals surface area contributed by atoms with E-state index in [0.717, 1.165) is 30.6 Å². The van der Waals surface area contributed by atoms with E-state index in [1.54, 1.807) is 7.11 Å².